The van der Waals surface area contributed by atoms with Crippen LogP contribution in [-0.2, 0) is 10.0 Å². The van der Waals surface area contributed by atoms with Crippen molar-refractivity contribution in [3.05, 3.63) is 100 Å². The summed E-state index contributed by atoms with van der Waals surface area (Å²) < 4.78 is 89.8. The topological polar surface area (TPSA) is 159 Å². The van der Waals surface area contributed by atoms with Crippen molar-refractivity contribution in [1.82, 2.24) is 38.9 Å². The van der Waals surface area contributed by atoms with Gasteiger partial charge in [-0.15, -0.1) is 0 Å². The molecule has 2 N–H and O–H groups in total. The van der Waals surface area contributed by atoms with E-state index in [1.165, 1.54) is 18.2 Å². The Bertz CT molecular complexity index is 2410. The van der Waals surface area contributed by atoms with Crippen molar-refractivity contribution in [3.8, 4) is 0 Å². The number of aromatic nitrogens is 8. The SMILES string of the molecule is Cc1ncc(F)cc1C1CCCN1c1ccc2ncn(S(=O)(=O)C(F)(F)F)c2n1.O=c1[nH]cc(F)cc1C1CCCN1c1ccc2[nH]cnc2n1. The Hall–Kier alpha value is -5.46. The van der Waals surface area contributed by atoms with Gasteiger partial charge in [0.25, 0.3) is 5.56 Å². The lowest BCUT2D eigenvalue weighted by atomic mass is 10.0. The predicted octanol–water partition coefficient (Wildman–Crippen LogP) is 5.44. The van der Waals surface area contributed by atoms with E-state index in [9.17, 15) is 35.2 Å². The van der Waals surface area contributed by atoms with Crippen LogP contribution in [0, 0.1) is 18.6 Å². The number of halogens is 5. The molecule has 0 amide bonds. The molecule has 19 heteroatoms. The van der Waals surface area contributed by atoms with Crippen molar-refractivity contribution in [2.75, 3.05) is 22.9 Å². The first kappa shape index (κ1) is 34.0. The van der Waals surface area contributed by atoms with Gasteiger partial charge in [0, 0.05) is 30.5 Å². The monoisotopic (exact) mass is 728 g/mol. The highest BCUT2D eigenvalue weighted by atomic mass is 32.2. The second-order valence-corrected chi connectivity index (χ2v) is 13.9. The largest absolute Gasteiger partial charge is 0.517 e. The summed E-state index contributed by atoms with van der Waals surface area (Å²) in [6, 6.07) is 9.02. The molecule has 2 aliphatic heterocycles. The predicted molar refractivity (Wildman–Crippen MR) is 176 cm³/mol. The van der Waals surface area contributed by atoms with E-state index in [4.69, 9.17) is 0 Å². The molecule has 0 aliphatic carbocycles. The zero-order valence-electron chi connectivity index (χ0n) is 26.8. The molecule has 266 valence electrons. The van der Waals surface area contributed by atoms with Gasteiger partial charge in [0.2, 0.25) is 0 Å². The minimum absolute atomic E-state index is 0.0147. The van der Waals surface area contributed by atoms with E-state index in [2.05, 4.69) is 34.9 Å². The minimum atomic E-state index is -5.66. The third kappa shape index (κ3) is 6.36. The van der Waals surface area contributed by atoms with Crippen LogP contribution in [0.3, 0.4) is 0 Å². The summed E-state index contributed by atoms with van der Waals surface area (Å²) in [4.78, 5) is 41.9. The van der Waals surface area contributed by atoms with Crippen molar-refractivity contribution in [3.63, 3.8) is 0 Å². The Morgan fingerprint density at radius 3 is 2.24 bits per heavy atom. The van der Waals surface area contributed by atoms with E-state index in [-0.39, 0.29) is 32.9 Å². The van der Waals surface area contributed by atoms with Crippen LogP contribution in [0.15, 0.2) is 66.2 Å². The number of hydrogen-bond acceptors (Lipinski definition) is 10. The number of aromatic amines is 2. The molecule has 2 atom stereocenters. The van der Waals surface area contributed by atoms with Crippen LogP contribution < -0.4 is 15.4 Å². The highest BCUT2D eigenvalue weighted by Crippen LogP contribution is 2.38. The summed E-state index contributed by atoms with van der Waals surface area (Å²) in [5.41, 5.74) is -2.91. The highest BCUT2D eigenvalue weighted by Gasteiger charge is 2.48. The zero-order chi connectivity index (χ0) is 36.1. The van der Waals surface area contributed by atoms with E-state index >= 15 is 0 Å². The summed E-state index contributed by atoms with van der Waals surface area (Å²) in [7, 11) is -5.66. The van der Waals surface area contributed by atoms with Gasteiger partial charge in [0.15, 0.2) is 11.3 Å². The van der Waals surface area contributed by atoms with Crippen molar-refractivity contribution in [2.24, 2.45) is 0 Å². The molecule has 6 aromatic heterocycles. The number of aryl methyl sites for hydroxylation is 1. The quantitative estimate of drug-likeness (QED) is 0.219. The number of fused-ring (bicyclic) bond motifs is 2. The van der Waals surface area contributed by atoms with Crippen molar-refractivity contribution < 1.29 is 30.4 Å². The molecule has 0 bridgehead atoms. The number of anilines is 2. The summed E-state index contributed by atoms with van der Waals surface area (Å²) in [5.74, 6) is 0.112. The third-order valence-electron chi connectivity index (χ3n) is 8.97. The number of alkyl halides is 3. The van der Waals surface area contributed by atoms with Gasteiger partial charge < -0.3 is 19.8 Å². The molecular formula is C32H29F5N10O3S. The lowest BCUT2D eigenvalue weighted by Gasteiger charge is -2.27. The molecule has 8 rings (SSSR count). The van der Waals surface area contributed by atoms with Gasteiger partial charge in [-0.1, -0.05) is 0 Å². The Morgan fingerprint density at radius 1 is 0.843 bits per heavy atom. The Morgan fingerprint density at radius 2 is 1.51 bits per heavy atom. The number of imidazole rings is 2. The number of pyridine rings is 4. The Labute approximate surface area is 286 Å². The lowest BCUT2D eigenvalue weighted by molar-refractivity contribution is -0.0445. The maximum Gasteiger partial charge on any atom is 0.517 e. The van der Waals surface area contributed by atoms with Gasteiger partial charge in [-0.05, 0) is 74.6 Å². The van der Waals surface area contributed by atoms with E-state index < -0.39 is 32.8 Å². The summed E-state index contributed by atoms with van der Waals surface area (Å²) >= 11 is 0. The fraction of sp³-hybridized carbons (Fsp3) is 0.312. The van der Waals surface area contributed by atoms with Gasteiger partial charge >= 0.3 is 15.5 Å². The molecule has 0 saturated carbocycles. The van der Waals surface area contributed by atoms with Gasteiger partial charge in [0.05, 0.1) is 30.1 Å². The van der Waals surface area contributed by atoms with Crippen LogP contribution in [0.2, 0.25) is 0 Å². The van der Waals surface area contributed by atoms with E-state index in [0.717, 1.165) is 49.5 Å². The average molecular weight is 729 g/mol. The molecule has 2 fully saturated rings. The first-order valence-corrected chi connectivity index (χ1v) is 17.3. The van der Waals surface area contributed by atoms with Gasteiger partial charge in [0.1, 0.15) is 35.1 Å². The molecule has 8 heterocycles. The van der Waals surface area contributed by atoms with Crippen LogP contribution in [0.5, 0.6) is 0 Å². The van der Waals surface area contributed by atoms with Crippen LogP contribution in [0.1, 0.15) is 54.6 Å². The van der Waals surface area contributed by atoms with E-state index in [0.29, 0.717) is 41.8 Å². The molecule has 2 unspecified atom stereocenters. The van der Waals surface area contributed by atoms with Gasteiger partial charge in [-0.3, -0.25) is 9.78 Å². The molecule has 13 nitrogen and oxygen atoms in total. The summed E-state index contributed by atoms with van der Waals surface area (Å²) in [6.45, 7) is 3.05. The van der Waals surface area contributed by atoms with E-state index in [1.54, 1.807) is 24.2 Å². The summed E-state index contributed by atoms with van der Waals surface area (Å²) in [6.07, 6.45) is 7.54. The van der Waals surface area contributed by atoms with Crippen molar-refractivity contribution in [1.29, 1.82) is 0 Å². The van der Waals surface area contributed by atoms with E-state index in [1.807, 2.05) is 17.0 Å². The molecular weight excluding hydrogens is 699 g/mol. The van der Waals surface area contributed by atoms with Crippen LogP contribution in [0.25, 0.3) is 22.3 Å². The summed E-state index contributed by atoms with van der Waals surface area (Å²) in [5, 5.41) is 0. The Kier molecular flexibility index (Phi) is 8.68. The lowest BCUT2D eigenvalue weighted by Crippen LogP contribution is -2.29. The third-order valence-corrected chi connectivity index (χ3v) is 10.3. The van der Waals surface area contributed by atoms with Crippen LogP contribution >= 0.6 is 0 Å². The molecule has 0 spiro atoms. The number of nitrogens with zero attached hydrogens (tertiary/aromatic N) is 8. The molecule has 51 heavy (non-hydrogen) atoms. The average Bonchev–Trinajstić information content (AvgIpc) is 3.92. The number of nitrogens with one attached hydrogen (secondary N) is 2. The molecule has 6 aromatic rings. The minimum Gasteiger partial charge on any atom is -0.349 e. The maximum atomic E-state index is 13.7. The van der Waals surface area contributed by atoms with Crippen molar-refractivity contribution >= 4 is 44.0 Å². The zero-order valence-corrected chi connectivity index (χ0v) is 27.6. The highest BCUT2D eigenvalue weighted by molar-refractivity contribution is 7.90. The van der Waals surface area contributed by atoms with Crippen LogP contribution in [-0.4, -0.2) is 65.9 Å². The van der Waals surface area contributed by atoms with Crippen molar-refractivity contribution in [2.45, 2.75) is 50.2 Å². The first-order valence-electron chi connectivity index (χ1n) is 15.8. The number of hydrogen-bond donors (Lipinski definition) is 2. The smallest absolute Gasteiger partial charge is 0.349 e. The fourth-order valence-corrected chi connectivity index (χ4v) is 7.35. The standard InChI is InChI=1S/C17H15F4N5O2S.C15H14FN5O/c1-10-12(7-11(18)8-22-10)14-3-2-6-25(14)15-5-4-13-16(24-15)26(9-23-13)29(27,28)17(19,20)21;16-9-6-10(15(22)17-7-9)12-2-1-5-21(12)13-4-3-11-14(20-13)19-8-18-11/h4-5,7-9,14H,2-3,6H2,1H3;3-4,6-8,12H,1-2,5H2,(H,17,22)(H,18,19,20). The van der Waals surface area contributed by atoms with Gasteiger partial charge in [-0.2, -0.15) is 21.6 Å². The fourth-order valence-electron chi connectivity index (χ4n) is 6.59. The second-order valence-electron chi connectivity index (χ2n) is 12.1. The molecule has 0 aromatic carbocycles. The Balaban J connectivity index is 0.000000165. The first-order chi connectivity index (χ1) is 24.3. The number of H-pyrrole nitrogens is 2. The second kappa shape index (κ2) is 13.0. The van der Waals surface area contributed by atoms with Gasteiger partial charge in [-0.25, -0.2) is 32.7 Å². The molecule has 0 radical (unpaired) electrons. The number of rotatable bonds is 5. The molecule has 2 saturated heterocycles. The maximum absolute atomic E-state index is 13.7. The van der Waals surface area contributed by atoms with Crippen LogP contribution in [0.4, 0.5) is 33.6 Å². The molecule has 2 aliphatic rings. The normalized spacial score (nSPS) is 18.1.